The molecule has 1 aliphatic heterocycles. The van der Waals surface area contributed by atoms with Crippen molar-refractivity contribution in [3.05, 3.63) is 0 Å². The highest BCUT2D eigenvalue weighted by atomic mass is 15.2. The van der Waals surface area contributed by atoms with Gasteiger partial charge in [-0.2, -0.15) is 0 Å². The van der Waals surface area contributed by atoms with Crippen LogP contribution in [0.25, 0.3) is 0 Å². The van der Waals surface area contributed by atoms with E-state index < -0.39 is 0 Å². The maximum absolute atomic E-state index is 3.68. The predicted molar refractivity (Wildman–Crippen MR) is 74.3 cm³/mol. The summed E-state index contributed by atoms with van der Waals surface area (Å²) >= 11 is 0. The Balaban J connectivity index is 1.85. The minimum atomic E-state index is 0.763. The Morgan fingerprint density at radius 1 is 1.12 bits per heavy atom. The Hall–Kier alpha value is -0.0800. The van der Waals surface area contributed by atoms with Gasteiger partial charge in [-0.25, -0.2) is 0 Å². The highest BCUT2D eigenvalue weighted by Crippen LogP contribution is 2.28. The fourth-order valence-corrected chi connectivity index (χ4v) is 3.57. The van der Waals surface area contributed by atoms with Gasteiger partial charge in [0.2, 0.25) is 0 Å². The molecule has 0 aromatic carbocycles. The first-order valence-electron chi connectivity index (χ1n) is 7.77. The minimum absolute atomic E-state index is 0.763. The van der Waals surface area contributed by atoms with E-state index in [0.29, 0.717) is 0 Å². The van der Waals surface area contributed by atoms with Crippen LogP contribution in [0.1, 0.15) is 58.8 Å². The van der Waals surface area contributed by atoms with Crippen LogP contribution in [-0.4, -0.2) is 36.6 Å². The third kappa shape index (κ3) is 3.96. The van der Waals surface area contributed by atoms with Crippen LogP contribution in [0.5, 0.6) is 0 Å². The zero-order valence-electron chi connectivity index (χ0n) is 11.8. The van der Waals surface area contributed by atoms with E-state index >= 15 is 0 Å². The first-order chi connectivity index (χ1) is 8.29. The Morgan fingerprint density at radius 3 is 2.76 bits per heavy atom. The molecule has 2 rings (SSSR count). The lowest BCUT2D eigenvalue weighted by Gasteiger charge is -2.38. The number of nitrogens with zero attached hydrogens (tertiary/aromatic N) is 1. The van der Waals surface area contributed by atoms with E-state index in [1.54, 1.807) is 0 Å². The topological polar surface area (TPSA) is 15.3 Å². The number of hydrogen-bond donors (Lipinski definition) is 1. The third-order valence-corrected chi connectivity index (χ3v) is 4.74. The lowest BCUT2D eigenvalue weighted by molar-refractivity contribution is 0.119. The monoisotopic (exact) mass is 238 g/mol. The van der Waals surface area contributed by atoms with Crippen molar-refractivity contribution in [1.82, 2.24) is 10.2 Å². The van der Waals surface area contributed by atoms with E-state index in [-0.39, 0.29) is 0 Å². The first-order valence-corrected chi connectivity index (χ1v) is 7.77. The van der Waals surface area contributed by atoms with Crippen LogP contribution in [0.3, 0.4) is 0 Å². The molecule has 1 N–H and O–H groups in total. The summed E-state index contributed by atoms with van der Waals surface area (Å²) in [5.74, 6) is 0.958. The molecule has 0 spiro atoms. The van der Waals surface area contributed by atoms with E-state index in [1.165, 1.54) is 64.6 Å². The van der Waals surface area contributed by atoms with Crippen LogP contribution in [0, 0.1) is 5.92 Å². The van der Waals surface area contributed by atoms with Gasteiger partial charge in [0.15, 0.2) is 0 Å². The lowest BCUT2D eigenvalue weighted by Crippen LogP contribution is -2.45. The summed E-state index contributed by atoms with van der Waals surface area (Å²) in [7, 11) is 0. The molecule has 0 amide bonds. The van der Waals surface area contributed by atoms with Crippen molar-refractivity contribution in [3.63, 3.8) is 0 Å². The standard InChI is InChI=1S/C15H30N2/c1-3-14-8-11-17(10-5-9-16-14)15-7-4-6-13(2)12-15/h13-16H,3-12H2,1-2H3. The van der Waals surface area contributed by atoms with Crippen LogP contribution in [-0.2, 0) is 0 Å². The highest BCUT2D eigenvalue weighted by molar-refractivity contribution is 4.81. The molecule has 3 atom stereocenters. The molecular weight excluding hydrogens is 208 g/mol. The zero-order chi connectivity index (χ0) is 12.1. The summed E-state index contributed by atoms with van der Waals surface area (Å²) in [6.07, 6.45) is 9.79. The first kappa shape index (κ1) is 13.4. The maximum atomic E-state index is 3.68. The van der Waals surface area contributed by atoms with Gasteiger partial charge in [-0.15, -0.1) is 0 Å². The van der Waals surface area contributed by atoms with E-state index in [9.17, 15) is 0 Å². The second-order valence-corrected chi connectivity index (χ2v) is 6.16. The highest BCUT2D eigenvalue weighted by Gasteiger charge is 2.25. The predicted octanol–water partition coefficient (Wildman–Crippen LogP) is 3.03. The molecule has 2 heteroatoms. The number of rotatable bonds is 2. The van der Waals surface area contributed by atoms with Gasteiger partial charge in [0.25, 0.3) is 0 Å². The van der Waals surface area contributed by atoms with Gasteiger partial charge in [-0.3, -0.25) is 0 Å². The van der Waals surface area contributed by atoms with Gasteiger partial charge < -0.3 is 10.2 Å². The second-order valence-electron chi connectivity index (χ2n) is 6.16. The van der Waals surface area contributed by atoms with E-state index in [2.05, 4.69) is 24.1 Å². The van der Waals surface area contributed by atoms with Gasteiger partial charge in [-0.1, -0.05) is 26.7 Å². The normalized spacial score (nSPS) is 37.4. The zero-order valence-corrected chi connectivity index (χ0v) is 11.8. The van der Waals surface area contributed by atoms with Crippen LogP contribution in [0.4, 0.5) is 0 Å². The van der Waals surface area contributed by atoms with Crippen molar-refractivity contribution >= 4 is 0 Å². The summed E-state index contributed by atoms with van der Waals surface area (Å²) < 4.78 is 0. The molecule has 0 aromatic heterocycles. The average Bonchev–Trinajstić information content (AvgIpc) is 2.29. The largest absolute Gasteiger partial charge is 0.314 e. The van der Waals surface area contributed by atoms with Gasteiger partial charge in [0.1, 0.15) is 0 Å². The summed E-state index contributed by atoms with van der Waals surface area (Å²) in [4.78, 5) is 2.80. The lowest BCUT2D eigenvalue weighted by atomic mass is 9.86. The molecule has 0 aromatic rings. The molecule has 100 valence electrons. The van der Waals surface area contributed by atoms with Gasteiger partial charge in [0, 0.05) is 12.1 Å². The van der Waals surface area contributed by atoms with Gasteiger partial charge >= 0.3 is 0 Å². The fourth-order valence-electron chi connectivity index (χ4n) is 3.57. The van der Waals surface area contributed by atoms with Gasteiger partial charge in [0.05, 0.1) is 0 Å². The Bertz CT molecular complexity index is 217. The molecule has 1 heterocycles. The molecular formula is C15H30N2. The van der Waals surface area contributed by atoms with Crippen LogP contribution >= 0.6 is 0 Å². The van der Waals surface area contributed by atoms with Crippen molar-refractivity contribution < 1.29 is 0 Å². The van der Waals surface area contributed by atoms with Crippen molar-refractivity contribution in [2.24, 2.45) is 5.92 Å². The van der Waals surface area contributed by atoms with E-state index in [1.807, 2.05) is 0 Å². The van der Waals surface area contributed by atoms with Crippen molar-refractivity contribution in [3.8, 4) is 0 Å². The second kappa shape index (κ2) is 6.75. The Kier molecular flexibility index (Phi) is 5.30. The van der Waals surface area contributed by atoms with E-state index in [4.69, 9.17) is 0 Å². The van der Waals surface area contributed by atoms with Crippen molar-refractivity contribution in [2.45, 2.75) is 70.9 Å². The SMILES string of the molecule is CCC1CCN(C2CCCC(C)C2)CCCN1. The summed E-state index contributed by atoms with van der Waals surface area (Å²) in [6, 6.07) is 1.66. The Labute approximate surface area is 107 Å². The molecule has 1 aliphatic carbocycles. The molecule has 0 radical (unpaired) electrons. The molecule has 2 nitrogen and oxygen atoms in total. The van der Waals surface area contributed by atoms with Crippen LogP contribution in [0.15, 0.2) is 0 Å². The molecule has 0 bridgehead atoms. The fraction of sp³-hybridized carbons (Fsp3) is 1.00. The molecule has 2 fully saturated rings. The summed E-state index contributed by atoms with van der Waals surface area (Å²) in [6.45, 7) is 8.61. The summed E-state index contributed by atoms with van der Waals surface area (Å²) in [5, 5.41) is 3.68. The third-order valence-electron chi connectivity index (χ3n) is 4.74. The van der Waals surface area contributed by atoms with Gasteiger partial charge in [-0.05, 0) is 57.7 Å². The molecule has 3 unspecified atom stereocenters. The smallest absolute Gasteiger partial charge is 0.00978 e. The Morgan fingerprint density at radius 2 is 2.00 bits per heavy atom. The number of hydrogen-bond acceptors (Lipinski definition) is 2. The quantitative estimate of drug-likeness (QED) is 0.795. The maximum Gasteiger partial charge on any atom is 0.00978 e. The summed E-state index contributed by atoms with van der Waals surface area (Å²) in [5.41, 5.74) is 0. The van der Waals surface area contributed by atoms with Crippen LogP contribution in [0.2, 0.25) is 0 Å². The van der Waals surface area contributed by atoms with Crippen molar-refractivity contribution in [1.29, 1.82) is 0 Å². The van der Waals surface area contributed by atoms with Crippen LogP contribution < -0.4 is 5.32 Å². The average molecular weight is 238 g/mol. The molecule has 2 aliphatic rings. The molecule has 17 heavy (non-hydrogen) atoms. The van der Waals surface area contributed by atoms with Crippen molar-refractivity contribution in [2.75, 3.05) is 19.6 Å². The minimum Gasteiger partial charge on any atom is -0.314 e. The van der Waals surface area contributed by atoms with E-state index in [0.717, 1.165) is 18.0 Å². The molecule has 1 saturated heterocycles. The number of nitrogens with one attached hydrogen (secondary N) is 1. The molecule has 1 saturated carbocycles.